The molecule has 1 aromatic carbocycles. The van der Waals surface area contributed by atoms with Gasteiger partial charge in [-0.05, 0) is 74.2 Å². The summed E-state index contributed by atoms with van der Waals surface area (Å²) in [6.07, 6.45) is 0.238. The van der Waals surface area contributed by atoms with Crippen LogP contribution in [0.3, 0.4) is 0 Å². The molecule has 10 N–H and O–H groups in total. The number of rotatable bonds is 35. The predicted octanol–water partition coefficient (Wildman–Crippen LogP) is 4.06. The fourth-order valence-corrected chi connectivity index (χ4v) is 11.1. The number of Topliss-reactive ketones (excluding diaryl/α,β-unsaturated/α-hetero) is 4. The number of nitrogens with one attached hydrogen (secondary N) is 6. The van der Waals surface area contributed by atoms with Crippen LogP contribution >= 0.6 is 0 Å². The zero-order valence-corrected chi connectivity index (χ0v) is 52.9. The van der Waals surface area contributed by atoms with Crippen LogP contribution in [0.4, 0.5) is 0 Å². The topological polar surface area (TPSA) is 353 Å². The van der Waals surface area contributed by atoms with E-state index in [4.69, 9.17) is 10.5 Å². The average Bonchev–Trinajstić information content (AvgIpc) is 1.68. The van der Waals surface area contributed by atoms with E-state index in [1.165, 1.54) is 13.8 Å². The van der Waals surface area contributed by atoms with Crippen molar-refractivity contribution in [2.24, 2.45) is 64.9 Å². The molecule has 22 nitrogen and oxygen atoms in total. The van der Waals surface area contributed by atoms with E-state index in [9.17, 15) is 67.7 Å². The Hall–Kier alpha value is -6.42. The van der Waals surface area contributed by atoms with Crippen LogP contribution in [0.25, 0.3) is 0 Å². The molecule has 482 valence electrons. The summed E-state index contributed by atoms with van der Waals surface area (Å²) in [6.45, 7) is 19.2. The molecule has 22 heteroatoms. The lowest BCUT2D eigenvalue weighted by atomic mass is 9.83. The van der Waals surface area contributed by atoms with Crippen LogP contribution in [0.2, 0.25) is 0 Å². The minimum absolute atomic E-state index is 0.192. The number of ketones is 4. The Morgan fingerprint density at radius 2 is 1.23 bits per heavy atom. The molecule has 0 bridgehead atoms. The fourth-order valence-electron chi connectivity index (χ4n) is 11.1. The summed E-state index contributed by atoms with van der Waals surface area (Å²) in [7, 11) is 0. The third-order valence-corrected chi connectivity index (χ3v) is 18.1. The minimum atomic E-state index is -1.57. The summed E-state index contributed by atoms with van der Waals surface area (Å²) in [5, 5.41) is 37.7. The Bertz CT molecular complexity index is 2510. The predicted molar refractivity (Wildman–Crippen MR) is 322 cm³/mol. The molecule has 1 spiro atoms. The van der Waals surface area contributed by atoms with Gasteiger partial charge in [-0.25, -0.2) is 4.79 Å². The molecule has 2 fully saturated rings. The van der Waals surface area contributed by atoms with Crippen molar-refractivity contribution in [3.63, 3.8) is 0 Å². The Kier molecular flexibility index (Phi) is 30.4. The highest BCUT2D eigenvalue weighted by molar-refractivity contribution is 6.01. The number of esters is 1. The van der Waals surface area contributed by atoms with Gasteiger partial charge >= 0.3 is 5.97 Å². The molecular formula is C64H101N7O15. The van der Waals surface area contributed by atoms with Crippen molar-refractivity contribution < 1.29 is 72.5 Å². The molecule has 7 amide bonds. The van der Waals surface area contributed by atoms with Gasteiger partial charge in [0.2, 0.25) is 41.4 Å². The van der Waals surface area contributed by atoms with Gasteiger partial charge in [0.1, 0.15) is 23.7 Å². The molecule has 0 aromatic heterocycles. The molecular weight excluding hydrogens is 1110 g/mol. The van der Waals surface area contributed by atoms with E-state index < -0.39 is 193 Å². The number of hydrogen-bond donors (Lipinski definition) is 9. The van der Waals surface area contributed by atoms with Gasteiger partial charge in [-0.15, -0.1) is 0 Å². The van der Waals surface area contributed by atoms with E-state index in [0.29, 0.717) is 51.4 Å². The number of benzene rings is 1. The first-order chi connectivity index (χ1) is 40.6. The summed E-state index contributed by atoms with van der Waals surface area (Å²) in [5.74, 6) is -15.7. The lowest BCUT2D eigenvalue weighted by Gasteiger charge is -2.30. The molecule has 17 atom stereocenters. The van der Waals surface area contributed by atoms with E-state index in [2.05, 4.69) is 31.9 Å². The Morgan fingerprint density at radius 3 is 1.74 bits per heavy atom. The molecule has 3 rings (SSSR count). The van der Waals surface area contributed by atoms with Gasteiger partial charge in [0, 0.05) is 49.9 Å². The largest absolute Gasteiger partial charge is 0.458 e. The zero-order chi connectivity index (χ0) is 64.7. The smallest absolute Gasteiger partial charge is 0.329 e. The first-order valence-corrected chi connectivity index (χ1v) is 31.3. The summed E-state index contributed by atoms with van der Waals surface area (Å²) >= 11 is 0. The number of aliphatic hydroxyl groups is 2. The second-order valence-corrected chi connectivity index (χ2v) is 24.6. The average molecular weight is 1210 g/mol. The Balaban J connectivity index is 1.85. The van der Waals surface area contributed by atoms with Crippen molar-refractivity contribution in [3.05, 3.63) is 35.9 Å². The molecule has 1 aromatic rings. The maximum atomic E-state index is 14.5. The molecule has 1 aliphatic carbocycles. The third-order valence-electron chi connectivity index (χ3n) is 18.1. The van der Waals surface area contributed by atoms with Gasteiger partial charge < -0.3 is 52.6 Å². The van der Waals surface area contributed by atoms with Crippen molar-refractivity contribution >= 4 is 70.5 Å². The van der Waals surface area contributed by atoms with Crippen LogP contribution < -0.4 is 37.6 Å². The maximum absolute atomic E-state index is 14.5. The van der Waals surface area contributed by atoms with E-state index in [0.717, 1.165) is 12.0 Å². The number of cyclic esters (lactones) is 1. The summed E-state index contributed by atoms with van der Waals surface area (Å²) in [4.78, 5) is 167. The highest BCUT2D eigenvalue weighted by Crippen LogP contribution is 2.47. The van der Waals surface area contributed by atoms with E-state index in [1.54, 1.807) is 41.5 Å². The van der Waals surface area contributed by atoms with Crippen LogP contribution in [-0.4, -0.2) is 136 Å². The number of carbonyl (C=O) groups excluding carboxylic acids is 12. The highest BCUT2D eigenvalue weighted by atomic mass is 16.5. The number of hydrogen-bond acceptors (Lipinski definition) is 15. The number of primary amides is 1. The first kappa shape index (κ1) is 73.8. The molecule has 0 radical (unpaired) electrons. The van der Waals surface area contributed by atoms with Crippen LogP contribution in [0.15, 0.2) is 30.3 Å². The van der Waals surface area contributed by atoms with Crippen molar-refractivity contribution in [2.75, 3.05) is 13.2 Å². The number of amides is 7. The summed E-state index contributed by atoms with van der Waals surface area (Å²) in [6, 6.07) is 3.02. The second kappa shape index (κ2) is 35.4. The summed E-state index contributed by atoms with van der Waals surface area (Å²) in [5.41, 5.74) is 5.17. The zero-order valence-electron chi connectivity index (χ0n) is 52.9. The van der Waals surface area contributed by atoms with Gasteiger partial charge in [-0.3, -0.25) is 52.7 Å². The Labute approximate surface area is 508 Å². The SMILES string of the molecule is CCCC1CC12NC(=O)[C@H](C)CC(=O)[C@H](NC(=O)[C@H](CO)CC(=O)[C@@H](NC(=O)[C@H](CC(=O)[C@@H](CCC(N)=O)NC(=O)[C@H](CO)CC(=O)[C@@H](NC(=O)[C@H](CC)Cc1ccccc1)[C@@H](C)CC)[C@@H](C)CC)[C@@H](C)CC)[C@H](C)OC(=O)[C@H]([C@@H](C)CC)NC2=O. The molecule has 1 saturated carbocycles. The van der Waals surface area contributed by atoms with E-state index in [1.807, 2.05) is 58.0 Å². The maximum Gasteiger partial charge on any atom is 0.329 e. The standard InChI is InChI=1S/C64H101N7O15/c1-13-22-45-32-64(45)63(85)70-55(38(10)17-5)62(84)86-40(12)56(49(75)27-39(11)57(79)71-64)69-60(82)44(34-73)30-51(77)54(37(9)16-4)68-61(83)46(35(7)14-2)31-48(74)47(25-26-52(65)78)66-59(81)43(33-72)29-50(76)53(36(8)15-3)67-58(80)42(18-6)28-41-23-20-19-21-24-41/h19-21,23-24,35-40,42-47,53-56,72-73H,13-18,22,25-34H2,1-12H3,(H2,65,78)(H,66,81)(H,67,80)(H,68,83)(H,69,82)(H,70,85)(H,71,79)/t35-,36-,37-,38-,39+,40-,42+,43-,44-,45?,46+,47+,53-,54-,55-,56+,64?/m0/s1. The molecule has 1 saturated heterocycles. The van der Waals surface area contributed by atoms with Crippen LogP contribution in [0, 0.1) is 59.2 Å². The van der Waals surface area contributed by atoms with Gasteiger partial charge in [0.15, 0.2) is 23.1 Å². The van der Waals surface area contributed by atoms with Gasteiger partial charge in [0.25, 0.3) is 0 Å². The normalized spacial score (nSPS) is 23.8. The van der Waals surface area contributed by atoms with Crippen molar-refractivity contribution in [3.8, 4) is 0 Å². The molecule has 2 unspecified atom stereocenters. The van der Waals surface area contributed by atoms with Crippen LogP contribution in [0.5, 0.6) is 0 Å². The van der Waals surface area contributed by atoms with Crippen molar-refractivity contribution in [1.82, 2.24) is 31.9 Å². The molecule has 2 aliphatic rings. The Morgan fingerprint density at radius 1 is 0.686 bits per heavy atom. The van der Waals surface area contributed by atoms with Gasteiger partial charge in [0.05, 0.1) is 43.2 Å². The summed E-state index contributed by atoms with van der Waals surface area (Å²) < 4.78 is 5.82. The fraction of sp³-hybridized carbons (Fsp3) is 0.719. The van der Waals surface area contributed by atoms with E-state index in [-0.39, 0.29) is 30.6 Å². The lowest BCUT2D eigenvalue weighted by Crippen LogP contribution is -2.57. The highest BCUT2D eigenvalue weighted by Gasteiger charge is 2.61. The third kappa shape index (κ3) is 20.9. The number of carbonyl (C=O) groups is 12. The van der Waals surface area contributed by atoms with Crippen molar-refractivity contribution in [1.29, 1.82) is 0 Å². The minimum Gasteiger partial charge on any atom is -0.458 e. The molecule has 1 heterocycles. The van der Waals surface area contributed by atoms with Crippen LogP contribution in [0.1, 0.15) is 179 Å². The molecule has 1 aliphatic heterocycles. The van der Waals surface area contributed by atoms with E-state index >= 15 is 0 Å². The monoisotopic (exact) mass is 1210 g/mol. The number of aliphatic hydroxyl groups excluding tert-OH is 2. The quantitative estimate of drug-likeness (QED) is 0.0433. The van der Waals surface area contributed by atoms with Crippen LogP contribution in [-0.2, 0) is 68.7 Å². The molecule has 86 heavy (non-hydrogen) atoms. The van der Waals surface area contributed by atoms with Gasteiger partial charge in [-0.2, -0.15) is 0 Å². The van der Waals surface area contributed by atoms with Gasteiger partial charge in [-0.1, -0.05) is 139 Å². The lowest BCUT2D eigenvalue weighted by molar-refractivity contribution is -0.157. The van der Waals surface area contributed by atoms with Crippen molar-refractivity contribution in [2.45, 2.75) is 221 Å². The second-order valence-electron chi connectivity index (χ2n) is 24.6. The number of nitrogens with two attached hydrogens (primary N) is 1. The number of ether oxygens (including phenoxy) is 1. The first-order valence-electron chi connectivity index (χ1n) is 31.3.